The Kier molecular flexibility index (Phi) is 5.56. The zero-order chi connectivity index (χ0) is 17.8. The largest absolute Gasteiger partial charge is 0.494 e. The molecule has 0 unspecified atom stereocenters. The van der Waals surface area contributed by atoms with Crippen molar-refractivity contribution in [1.82, 2.24) is 4.90 Å². The fraction of sp³-hybridized carbons (Fsp3) is 0.316. The molecule has 1 amide bonds. The van der Waals surface area contributed by atoms with Crippen molar-refractivity contribution in [1.29, 1.82) is 0 Å². The van der Waals surface area contributed by atoms with Gasteiger partial charge in [0.2, 0.25) is 0 Å². The number of benzene rings is 2. The van der Waals surface area contributed by atoms with Crippen LogP contribution in [0.1, 0.15) is 15.9 Å². The lowest BCUT2D eigenvalue weighted by Crippen LogP contribution is -3.13. The van der Waals surface area contributed by atoms with Crippen LogP contribution in [-0.2, 0) is 6.54 Å². The second-order valence-electron chi connectivity index (χ2n) is 6.20. The molecule has 1 aliphatic heterocycles. The number of carbonyl (C=O) groups excluding carboxylic acids is 1. The first-order valence-corrected chi connectivity index (χ1v) is 8.65. The number of carbonyl (C=O) groups is 1. The van der Waals surface area contributed by atoms with Crippen LogP contribution in [0, 0.1) is 5.82 Å². The van der Waals surface area contributed by atoms with Gasteiger partial charge < -0.3 is 14.5 Å². The van der Waals surface area contributed by atoms with E-state index >= 15 is 0 Å². The predicted molar refractivity (Wildman–Crippen MR) is 94.7 cm³/mol. The second kappa shape index (κ2) is 7.85. The number of halogens is 2. The quantitative estimate of drug-likeness (QED) is 0.902. The van der Waals surface area contributed by atoms with E-state index in [2.05, 4.69) is 6.07 Å². The molecule has 0 aliphatic carbocycles. The van der Waals surface area contributed by atoms with Crippen molar-refractivity contribution in [2.45, 2.75) is 6.54 Å². The van der Waals surface area contributed by atoms with Gasteiger partial charge in [-0.1, -0.05) is 23.7 Å². The van der Waals surface area contributed by atoms with Crippen LogP contribution in [0.25, 0.3) is 0 Å². The zero-order valence-corrected chi connectivity index (χ0v) is 14.9. The molecule has 1 aliphatic rings. The van der Waals surface area contributed by atoms with Crippen molar-refractivity contribution in [3.05, 3.63) is 64.4 Å². The SMILES string of the molecule is COc1ccc(C(=O)N2CC[NH+](Cc3cccc(Cl)c3)CC2)cc1F. The Balaban J connectivity index is 1.58. The van der Waals surface area contributed by atoms with E-state index in [1.807, 2.05) is 18.2 Å². The molecular weight excluding hydrogens is 343 g/mol. The highest BCUT2D eigenvalue weighted by Gasteiger charge is 2.25. The van der Waals surface area contributed by atoms with Crippen LogP contribution in [0.5, 0.6) is 5.75 Å². The van der Waals surface area contributed by atoms with Gasteiger partial charge in [0.25, 0.3) is 5.91 Å². The fourth-order valence-corrected chi connectivity index (χ4v) is 3.33. The number of ether oxygens (including phenoxy) is 1. The van der Waals surface area contributed by atoms with E-state index in [9.17, 15) is 9.18 Å². The Morgan fingerprint density at radius 1 is 1.24 bits per heavy atom. The number of hydrogen-bond acceptors (Lipinski definition) is 2. The van der Waals surface area contributed by atoms with Crippen LogP contribution < -0.4 is 9.64 Å². The summed E-state index contributed by atoms with van der Waals surface area (Å²) < 4.78 is 18.7. The minimum atomic E-state index is -0.515. The number of hydrogen-bond donors (Lipinski definition) is 1. The van der Waals surface area contributed by atoms with Crippen LogP contribution in [0.4, 0.5) is 4.39 Å². The van der Waals surface area contributed by atoms with Crippen molar-refractivity contribution in [3.63, 3.8) is 0 Å². The van der Waals surface area contributed by atoms with Crippen molar-refractivity contribution in [3.8, 4) is 5.75 Å². The summed E-state index contributed by atoms with van der Waals surface area (Å²) >= 11 is 6.03. The van der Waals surface area contributed by atoms with Gasteiger partial charge in [0.15, 0.2) is 11.6 Å². The van der Waals surface area contributed by atoms with Crippen LogP contribution in [0.2, 0.25) is 5.02 Å². The highest BCUT2D eigenvalue weighted by molar-refractivity contribution is 6.30. The molecule has 1 fully saturated rings. The molecule has 0 radical (unpaired) electrons. The predicted octanol–water partition coefficient (Wildman–Crippen LogP) is 2.03. The topological polar surface area (TPSA) is 34.0 Å². The van der Waals surface area contributed by atoms with Crippen LogP contribution in [0.3, 0.4) is 0 Å². The maximum Gasteiger partial charge on any atom is 0.254 e. The minimum Gasteiger partial charge on any atom is -0.494 e. The number of quaternary nitrogens is 1. The first kappa shape index (κ1) is 17.7. The molecule has 1 saturated heterocycles. The van der Waals surface area contributed by atoms with E-state index < -0.39 is 5.82 Å². The molecule has 1 heterocycles. The molecule has 2 aromatic rings. The second-order valence-corrected chi connectivity index (χ2v) is 6.63. The molecule has 4 nitrogen and oxygen atoms in total. The van der Waals surface area contributed by atoms with Gasteiger partial charge in [-0.05, 0) is 30.3 Å². The molecule has 2 aromatic carbocycles. The van der Waals surface area contributed by atoms with Gasteiger partial charge in [-0.2, -0.15) is 0 Å². The summed E-state index contributed by atoms with van der Waals surface area (Å²) in [6.07, 6.45) is 0. The number of rotatable bonds is 4. The van der Waals surface area contributed by atoms with Gasteiger partial charge in [0, 0.05) is 16.1 Å². The lowest BCUT2D eigenvalue weighted by Gasteiger charge is -2.32. The molecule has 3 rings (SSSR count). The smallest absolute Gasteiger partial charge is 0.254 e. The lowest BCUT2D eigenvalue weighted by molar-refractivity contribution is -0.917. The van der Waals surface area contributed by atoms with E-state index in [0.717, 1.165) is 24.7 Å². The van der Waals surface area contributed by atoms with Gasteiger partial charge in [-0.3, -0.25) is 4.79 Å². The van der Waals surface area contributed by atoms with Crippen molar-refractivity contribution in [2.75, 3.05) is 33.3 Å². The molecule has 0 atom stereocenters. The molecule has 1 N–H and O–H groups in total. The van der Waals surface area contributed by atoms with Crippen LogP contribution in [0.15, 0.2) is 42.5 Å². The van der Waals surface area contributed by atoms with Gasteiger partial charge in [-0.15, -0.1) is 0 Å². The summed E-state index contributed by atoms with van der Waals surface area (Å²) in [5.74, 6) is -0.505. The van der Waals surface area contributed by atoms with Gasteiger partial charge in [-0.25, -0.2) is 4.39 Å². The summed E-state index contributed by atoms with van der Waals surface area (Å²) in [5, 5.41) is 0.743. The normalized spacial score (nSPS) is 15.2. The lowest BCUT2D eigenvalue weighted by atomic mass is 10.1. The summed E-state index contributed by atoms with van der Waals surface area (Å²) in [6.45, 7) is 3.91. The Morgan fingerprint density at radius 2 is 2.00 bits per heavy atom. The third-order valence-corrected chi connectivity index (χ3v) is 4.73. The maximum atomic E-state index is 13.8. The first-order valence-electron chi connectivity index (χ1n) is 8.27. The average molecular weight is 364 g/mol. The maximum absolute atomic E-state index is 13.8. The van der Waals surface area contributed by atoms with Crippen molar-refractivity contribution < 1.29 is 18.8 Å². The zero-order valence-electron chi connectivity index (χ0n) is 14.1. The minimum absolute atomic E-state index is 0.136. The van der Waals surface area contributed by atoms with E-state index in [1.165, 1.54) is 29.7 Å². The number of nitrogens with zero attached hydrogens (tertiary/aromatic N) is 1. The molecule has 0 bridgehead atoms. The third kappa shape index (κ3) is 4.30. The molecule has 6 heteroatoms. The van der Waals surface area contributed by atoms with Gasteiger partial charge in [0.05, 0.1) is 33.3 Å². The fourth-order valence-electron chi connectivity index (χ4n) is 3.12. The summed E-state index contributed by atoms with van der Waals surface area (Å²) in [5.41, 5.74) is 1.55. The first-order chi connectivity index (χ1) is 12.1. The van der Waals surface area contributed by atoms with Crippen LogP contribution in [-0.4, -0.2) is 44.1 Å². The average Bonchev–Trinajstić information content (AvgIpc) is 2.62. The van der Waals surface area contributed by atoms with E-state index in [4.69, 9.17) is 16.3 Å². The number of amides is 1. The standard InChI is InChI=1S/C19H20ClFN2O2/c1-25-18-6-5-15(12-17(18)21)19(24)23-9-7-22(8-10-23)13-14-3-2-4-16(20)11-14/h2-6,11-12H,7-10,13H2,1H3/p+1. The molecular formula is C19H21ClFN2O2+. The Labute approximate surface area is 151 Å². The van der Waals surface area contributed by atoms with Crippen molar-refractivity contribution >= 4 is 17.5 Å². The number of methoxy groups -OCH3 is 1. The Bertz CT molecular complexity index is 761. The molecule has 0 spiro atoms. The van der Waals surface area contributed by atoms with Crippen LogP contribution >= 0.6 is 11.6 Å². The highest BCUT2D eigenvalue weighted by Crippen LogP contribution is 2.18. The number of piperazine rings is 1. The van der Waals surface area contributed by atoms with E-state index in [0.29, 0.717) is 18.7 Å². The Hall–Kier alpha value is -2.11. The van der Waals surface area contributed by atoms with Crippen molar-refractivity contribution in [2.24, 2.45) is 0 Å². The third-order valence-electron chi connectivity index (χ3n) is 4.50. The molecule has 132 valence electrons. The molecule has 0 aromatic heterocycles. The van der Waals surface area contributed by atoms with E-state index in [1.54, 1.807) is 11.0 Å². The molecule has 0 saturated carbocycles. The summed E-state index contributed by atoms with van der Waals surface area (Å²) in [4.78, 5) is 15.7. The van der Waals surface area contributed by atoms with Gasteiger partial charge in [0.1, 0.15) is 6.54 Å². The number of nitrogens with one attached hydrogen (secondary N) is 1. The van der Waals surface area contributed by atoms with Gasteiger partial charge >= 0.3 is 0 Å². The molecule has 25 heavy (non-hydrogen) atoms. The monoisotopic (exact) mass is 363 g/mol. The Morgan fingerprint density at radius 3 is 2.64 bits per heavy atom. The summed E-state index contributed by atoms with van der Waals surface area (Å²) in [7, 11) is 1.40. The highest BCUT2D eigenvalue weighted by atomic mass is 35.5. The van der Waals surface area contributed by atoms with E-state index in [-0.39, 0.29) is 11.7 Å². The summed E-state index contributed by atoms with van der Waals surface area (Å²) in [6, 6.07) is 12.2.